The molecule has 22 heavy (non-hydrogen) atoms. The molecular weight excluding hydrogens is 298 g/mol. The van der Waals surface area contributed by atoms with Gasteiger partial charge in [0, 0.05) is 12.2 Å². The lowest BCUT2D eigenvalue weighted by Crippen LogP contribution is -2.48. The molecule has 0 unspecified atom stereocenters. The minimum absolute atomic E-state index is 0.180. The maximum absolute atomic E-state index is 11.7. The van der Waals surface area contributed by atoms with E-state index >= 15 is 0 Å². The lowest BCUT2D eigenvalue weighted by molar-refractivity contribution is -0.119. The van der Waals surface area contributed by atoms with E-state index in [1.165, 1.54) is 5.56 Å². The van der Waals surface area contributed by atoms with E-state index in [0.29, 0.717) is 5.11 Å². The van der Waals surface area contributed by atoms with Gasteiger partial charge in [-0.2, -0.15) is 0 Å². The van der Waals surface area contributed by atoms with Gasteiger partial charge in [-0.3, -0.25) is 15.6 Å². The monoisotopic (exact) mass is 323 g/mol. The molecule has 0 heterocycles. The minimum atomic E-state index is -0.182. The van der Waals surface area contributed by atoms with Crippen LogP contribution in [0, 0.1) is 6.92 Å². The fraction of sp³-hybridized carbons (Fsp3) is 0.467. The summed E-state index contributed by atoms with van der Waals surface area (Å²) in [5, 5.41) is 6.49. The molecule has 0 spiro atoms. The second-order valence-corrected chi connectivity index (χ2v) is 5.71. The number of anilines is 1. The Bertz CT molecular complexity index is 475. The molecule has 0 aliphatic rings. The van der Waals surface area contributed by atoms with Crippen LogP contribution in [0.25, 0.3) is 0 Å². The second kappa shape index (κ2) is 9.97. The Morgan fingerprint density at radius 1 is 1.18 bits per heavy atom. The first kappa shape index (κ1) is 18.2. The van der Waals surface area contributed by atoms with Crippen molar-refractivity contribution in [2.45, 2.75) is 13.3 Å². The van der Waals surface area contributed by atoms with Gasteiger partial charge < -0.3 is 15.5 Å². The van der Waals surface area contributed by atoms with Gasteiger partial charge in [0.1, 0.15) is 0 Å². The van der Waals surface area contributed by atoms with Crippen LogP contribution in [-0.2, 0) is 4.79 Å². The smallest absolute Gasteiger partial charge is 0.257 e. The third-order valence-electron chi connectivity index (χ3n) is 2.89. The molecule has 0 saturated heterocycles. The number of carbonyl (C=O) groups excluding carboxylic acids is 1. The van der Waals surface area contributed by atoms with E-state index in [9.17, 15) is 4.79 Å². The van der Waals surface area contributed by atoms with E-state index in [-0.39, 0.29) is 12.5 Å². The van der Waals surface area contributed by atoms with Crippen molar-refractivity contribution in [3.63, 3.8) is 0 Å². The molecule has 1 amide bonds. The van der Waals surface area contributed by atoms with Crippen molar-refractivity contribution in [1.29, 1.82) is 0 Å². The third kappa shape index (κ3) is 8.43. The number of thiocarbonyl (C=S) groups is 1. The number of rotatable bonds is 7. The van der Waals surface area contributed by atoms with Crippen molar-refractivity contribution >= 4 is 28.9 Å². The van der Waals surface area contributed by atoms with Gasteiger partial charge in [0.15, 0.2) is 5.11 Å². The molecule has 1 rings (SSSR count). The molecule has 4 N–H and O–H groups in total. The molecule has 1 aromatic rings. The maximum Gasteiger partial charge on any atom is 0.257 e. The summed E-state index contributed by atoms with van der Waals surface area (Å²) in [7, 11) is 4.05. The van der Waals surface area contributed by atoms with Crippen LogP contribution < -0.4 is 21.5 Å². The molecule has 0 atom stereocenters. The molecule has 7 heteroatoms. The van der Waals surface area contributed by atoms with Crippen LogP contribution in [0.4, 0.5) is 5.69 Å². The number of hydrogen-bond acceptors (Lipinski definition) is 4. The molecule has 0 aromatic heterocycles. The molecule has 0 saturated carbocycles. The Morgan fingerprint density at radius 3 is 2.50 bits per heavy atom. The van der Waals surface area contributed by atoms with E-state index in [0.717, 1.165) is 25.2 Å². The Hall–Kier alpha value is -1.86. The van der Waals surface area contributed by atoms with Gasteiger partial charge in [0.05, 0.1) is 6.54 Å². The highest BCUT2D eigenvalue weighted by Gasteiger charge is 2.02. The SMILES string of the molecule is Cc1ccc(NCC(=O)NNC(=S)NCCCN(C)C)cc1. The van der Waals surface area contributed by atoms with E-state index in [2.05, 4.69) is 26.4 Å². The Labute approximate surface area is 137 Å². The third-order valence-corrected chi connectivity index (χ3v) is 3.13. The topological polar surface area (TPSA) is 68.4 Å². The number of amides is 1. The zero-order chi connectivity index (χ0) is 16.4. The number of hydrazine groups is 1. The summed E-state index contributed by atoms with van der Waals surface area (Å²) in [4.78, 5) is 13.8. The molecule has 0 fully saturated rings. The summed E-state index contributed by atoms with van der Waals surface area (Å²) in [5.74, 6) is -0.182. The van der Waals surface area contributed by atoms with E-state index in [1.807, 2.05) is 45.3 Å². The molecular formula is C15H25N5OS. The summed E-state index contributed by atoms with van der Waals surface area (Å²) in [5.41, 5.74) is 7.32. The first-order chi connectivity index (χ1) is 10.5. The molecule has 0 aliphatic heterocycles. The predicted octanol–water partition coefficient (Wildman–Crippen LogP) is 0.854. The van der Waals surface area contributed by atoms with Crippen molar-refractivity contribution in [3.8, 4) is 0 Å². The summed E-state index contributed by atoms with van der Waals surface area (Å²) in [6, 6.07) is 7.86. The van der Waals surface area contributed by atoms with Crippen molar-refractivity contribution in [3.05, 3.63) is 29.8 Å². The Kier molecular flexibility index (Phi) is 8.24. The highest BCUT2D eigenvalue weighted by molar-refractivity contribution is 7.80. The van der Waals surface area contributed by atoms with Crippen LogP contribution in [0.3, 0.4) is 0 Å². The second-order valence-electron chi connectivity index (χ2n) is 5.31. The van der Waals surface area contributed by atoms with Crippen molar-refractivity contribution in [2.24, 2.45) is 0 Å². The van der Waals surface area contributed by atoms with Gasteiger partial charge in [-0.1, -0.05) is 17.7 Å². The molecule has 1 aromatic carbocycles. The first-order valence-electron chi connectivity index (χ1n) is 7.25. The summed E-state index contributed by atoms with van der Waals surface area (Å²) in [6.07, 6.45) is 0.984. The molecule has 0 aliphatic carbocycles. The van der Waals surface area contributed by atoms with Crippen LogP contribution in [-0.4, -0.2) is 49.6 Å². The van der Waals surface area contributed by atoms with Crippen LogP contribution in [0.15, 0.2) is 24.3 Å². The molecule has 6 nitrogen and oxygen atoms in total. The fourth-order valence-corrected chi connectivity index (χ4v) is 1.82. The Morgan fingerprint density at radius 2 is 1.86 bits per heavy atom. The predicted molar refractivity (Wildman–Crippen MR) is 94.7 cm³/mol. The van der Waals surface area contributed by atoms with Gasteiger partial charge in [-0.15, -0.1) is 0 Å². The van der Waals surface area contributed by atoms with Gasteiger partial charge >= 0.3 is 0 Å². The number of carbonyl (C=O) groups is 1. The van der Waals surface area contributed by atoms with Crippen LogP contribution in [0.1, 0.15) is 12.0 Å². The average Bonchev–Trinajstić information content (AvgIpc) is 2.48. The number of nitrogens with zero attached hydrogens (tertiary/aromatic N) is 1. The van der Waals surface area contributed by atoms with Gasteiger partial charge in [0.2, 0.25) is 0 Å². The fourth-order valence-electron chi connectivity index (χ4n) is 1.67. The number of hydrogen-bond donors (Lipinski definition) is 4. The molecule has 0 bridgehead atoms. The van der Waals surface area contributed by atoms with E-state index in [1.54, 1.807) is 0 Å². The lowest BCUT2D eigenvalue weighted by Gasteiger charge is -2.13. The quantitative estimate of drug-likeness (QED) is 0.339. The van der Waals surface area contributed by atoms with Gasteiger partial charge in [0.25, 0.3) is 5.91 Å². The van der Waals surface area contributed by atoms with Crippen LogP contribution >= 0.6 is 12.2 Å². The number of nitrogens with one attached hydrogen (secondary N) is 4. The summed E-state index contributed by atoms with van der Waals surface area (Å²) >= 11 is 5.07. The lowest BCUT2D eigenvalue weighted by atomic mass is 10.2. The van der Waals surface area contributed by atoms with Crippen molar-refractivity contribution < 1.29 is 4.79 Å². The summed E-state index contributed by atoms with van der Waals surface area (Å²) in [6.45, 7) is 3.95. The van der Waals surface area contributed by atoms with Gasteiger partial charge in [-0.25, -0.2) is 0 Å². The highest BCUT2D eigenvalue weighted by atomic mass is 32.1. The summed E-state index contributed by atoms with van der Waals surface area (Å²) < 4.78 is 0. The van der Waals surface area contributed by atoms with Gasteiger partial charge in [-0.05, 0) is 58.3 Å². The number of benzene rings is 1. The van der Waals surface area contributed by atoms with E-state index in [4.69, 9.17) is 12.2 Å². The maximum atomic E-state index is 11.7. The highest BCUT2D eigenvalue weighted by Crippen LogP contribution is 2.07. The zero-order valence-electron chi connectivity index (χ0n) is 13.4. The van der Waals surface area contributed by atoms with Crippen LogP contribution in [0.2, 0.25) is 0 Å². The van der Waals surface area contributed by atoms with Crippen LogP contribution in [0.5, 0.6) is 0 Å². The number of aryl methyl sites for hydroxylation is 1. The normalized spacial score (nSPS) is 10.2. The standard InChI is InChI=1S/C15H25N5OS/c1-12-5-7-13(8-6-12)17-11-14(21)18-19-15(22)16-9-4-10-20(2)3/h5-8,17H,4,9-11H2,1-3H3,(H,18,21)(H2,16,19,22). The van der Waals surface area contributed by atoms with Crippen molar-refractivity contribution in [2.75, 3.05) is 39.0 Å². The van der Waals surface area contributed by atoms with Crippen molar-refractivity contribution in [1.82, 2.24) is 21.1 Å². The van der Waals surface area contributed by atoms with E-state index < -0.39 is 0 Å². The molecule has 122 valence electrons. The average molecular weight is 323 g/mol. The minimum Gasteiger partial charge on any atom is -0.376 e. The largest absolute Gasteiger partial charge is 0.376 e. The molecule has 0 radical (unpaired) electrons. The Balaban J connectivity index is 2.12. The first-order valence-corrected chi connectivity index (χ1v) is 7.66. The zero-order valence-corrected chi connectivity index (χ0v) is 14.2.